The summed E-state index contributed by atoms with van der Waals surface area (Å²) >= 11 is 1.79. The average molecular weight is 495 g/mol. The van der Waals surface area contributed by atoms with E-state index in [0.717, 1.165) is 62.3 Å². The Labute approximate surface area is 179 Å². The third-order valence-corrected chi connectivity index (χ3v) is 5.75. The molecule has 1 aliphatic rings. The van der Waals surface area contributed by atoms with Crippen LogP contribution in [-0.4, -0.2) is 68.8 Å². The zero-order valence-corrected chi connectivity index (χ0v) is 19.7. The number of thiazole rings is 1. The fourth-order valence-corrected chi connectivity index (χ4v) is 4.16. The molecule has 1 aromatic heterocycles. The number of rotatable bonds is 8. The Kier molecular flexibility index (Phi) is 11.7. The number of aryl methyl sites for hydroxylation is 2. The number of nitrogens with zero attached hydrogens (tertiary/aromatic N) is 3. The standard InChI is InChI=1S/C18H33N5OS.HI/c1-14-17(25-15(2)21-14)6-9-20-18(19-3)22-16-7-11-23(12-8-16)10-5-13-24-4;/h16H,5-13H2,1-4H3,(H2,19,20,22);1H. The number of guanidine groups is 1. The molecule has 6 nitrogen and oxygen atoms in total. The van der Waals surface area contributed by atoms with Gasteiger partial charge in [-0.2, -0.15) is 0 Å². The fourth-order valence-electron chi connectivity index (χ4n) is 3.22. The van der Waals surface area contributed by atoms with Gasteiger partial charge in [-0.25, -0.2) is 4.98 Å². The Hall–Kier alpha value is -0.450. The quantitative estimate of drug-likeness (QED) is 0.251. The third kappa shape index (κ3) is 8.06. The van der Waals surface area contributed by atoms with E-state index in [0.29, 0.717) is 6.04 Å². The van der Waals surface area contributed by atoms with Crippen molar-refractivity contribution in [3.05, 3.63) is 15.6 Å². The summed E-state index contributed by atoms with van der Waals surface area (Å²) < 4.78 is 5.13. The van der Waals surface area contributed by atoms with Gasteiger partial charge >= 0.3 is 0 Å². The van der Waals surface area contributed by atoms with Gasteiger partial charge in [0.05, 0.1) is 10.7 Å². The van der Waals surface area contributed by atoms with Crippen molar-refractivity contribution in [1.29, 1.82) is 0 Å². The number of hydrogen-bond acceptors (Lipinski definition) is 5. The van der Waals surface area contributed by atoms with E-state index < -0.39 is 0 Å². The van der Waals surface area contributed by atoms with Crippen molar-refractivity contribution in [1.82, 2.24) is 20.5 Å². The highest BCUT2D eigenvalue weighted by atomic mass is 127. The Morgan fingerprint density at radius 3 is 2.65 bits per heavy atom. The van der Waals surface area contributed by atoms with Crippen LogP contribution in [0.5, 0.6) is 0 Å². The zero-order valence-electron chi connectivity index (χ0n) is 16.5. The Morgan fingerprint density at radius 2 is 2.08 bits per heavy atom. The molecule has 0 amide bonds. The molecule has 1 aliphatic heterocycles. The van der Waals surface area contributed by atoms with E-state index in [1.165, 1.54) is 17.7 Å². The molecule has 0 aromatic carbocycles. The van der Waals surface area contributed by atoms with Gasteiger partial charge in [0.2, 0.25) is 0 Å². The minimum atomic E-state index is 0. The van der Waals surface area contributed by atoms with Gasteiger partial charge in [0.25, 0.3) is 0 Å². The Morgan fingerprint density at radius 1 is 1.35 bits per heavy atom. The van der Waals surface area contributed by atoms with Crippen LogP contribution >= 0.6 is 35.3 Å². The number of aromatic nitrogens is 1. The van der Waals surface area contributed by atoms with Crippen LogP contribution in [0.1, 0.15) is 34.8 Å². The van der Waals surface area contributed by atoms with Gasteiger partial charge in [-0.3, -0.25) is 4.99 Å². The summed E-state index contributed by atoms with van der Waals surface area (Å²) in [6.45, 7) is 9.34. The lowest BCUT2D eigenvalue weighted by Gasteiger charge is -2.33. The number of piperidine rings is 1. The zero-order chi connectivity index (χ0) is 18.1. The summed E-state index contributed by atoms with van der Waals surface area (Å²) in [4.78, 5) is 12.8. The maximum atomic E-state index is 5.13. The van der Waals surface area contributed by atoms with Crippen molar-refractivity contribution in [2.75, 3.05) is 46.9 Å². The van der Waals surface area contributed by atoms with Crippen molar-refractivity contribution in [3.8, 4) is 0 Å². The van der Waals surface area contributed by atoms with Crippen LogP contribution in [0.2, 0.25) is 0 Å². The predicted molar refractivity (Wildman–Crippen MR) is 121 cm³/mol. The fraction of sp³-hybridized carbons (Fsp3) is 0.778. The van der Waals surface area contributed by atoms with Gasteiger partial charge in [0.15, 0.2) is 5.96 Å². The van der Waals surface area contributed by atoms with Crippen LogP contribution < -0.4 is 10.6 Å². The van der Waals surface area contributed by atoms with Crippen molar-refractivity contribution in [3.63, 3.8) is 0 Å². The molecule has 2 heterocycles. The molecule has 1 fully saturated rings. The first-order chi connectivity index (χ1) is 12.1. The smallest absolute Gasteiger partial charge is 0.191 e. The summed E-state index contributed by atoms with van der Waals surface area (Å²) in [7, 11) is 3.61. The van der Waals surface area contributed by atoms with Crippen molar-refractivity contribution in [2.24, 2.45) is 4.99 Å². The average Bonchev–Trinajstić information content (AvgIpc) is 2.93. The summed E-state index contributed by atoms with van der Waals surface area (Å²) in [6, 6.07) is 0.511. The number of hydrogen-bond donors (Lipinski definition) is 2. The highest BCUT2D eigenvalue weighted by Crippen LogP contribution is 2.17. The number of methoxy groups -OCH3 is 1. The van der Waals surface area contributed by atoms with Crippen LogP contribution in [0.25, 0.3) is 0 Å². The molecule has 0 unspecified atom stereocenters. The van der Waals surface area contributed by atoms with Crippen LogP contribution in [-0.2, 0) is 11.2 Å². The number of ether oxygens (including phenoxy) is 1. The van der Waals surface area contributed by atoms with Gasteiger partial charge in [-0.1, -0.05) is 0 Å². The van der Waals surface area contributed by atoms with Crippen LogP contribution in [0.15, 0.2) is 4.99 Å². The number of aliphatic imine (C=N–C) groups is 1. The van der Waals surface area contributed by atoms with Crippen LogP contribution in [0.3, 0.4) is 0 Å². The summed E-state index contributed by atoms with van der Waals surface area (Å²) in [5.74, 6) is 0.914. The predicted octanol–water partition coefficient (Wildman–Crippen LogP) is 2.59. The lowest BCUT2D eigenvalue weighted by molar-refractivity contribution is 0.155. The minimum absolute atomic E-state index is 0. The number of likely N-dealkylation sites (tertiary alicyclic amines) is 1. The largest absolute Gasteiger partial charge is 0.385 e. The number of nitrogens with one attached hydrogen (secondary N) is 2. The van der Waals surface area contributed by atoms with Crippen molar-refractivity contribution < 1.29 is 4.74 Å². The first-order valence-corrected chi connectivity index (χ1v) is 10.1. The molecular weight excluding hydrogens is 461 g/mol. The first kappa shape index (κ1) is 23.6. The van der Waals surface area contributed by atoms with Crippen molar-refractivity contribution >= 4 is 41.3 Å². The van der Waals surface area contributed by atoms with E-state index in [1.807, 2.05) is 7.05 Å². The van der Waals surface area contributed by atoms with Gasteiger partial charge in [-0.15, -0.1) is 35.3 Å². The van der Waals surface area contributed by atoms with E-state index in [1.54, 1.807) is 18.4 Å². The molecular formula is C18H34IN5OS. The van der Waals surface area contributed by atoms with E-state index in [-0.39, 0.29) is 24.0 Å². The maximum absolute atomic E-state index is 5.13. The van der Waals surface area contributed by atoms with Gasteiger partial charge < -0.3 is 20.3 Å². The number of halogens is 1. The SMILES string of the molecule is CN=C(NCCc1sc(C)nc1C)NC1CCN(CCCOC)CC1.I. The highest BCUT2D eigenvalue weighted by Gasteiger charge is 2.19. The molecule has 0 aliphatic carbocycles. The molecule has 1 aromatic rings. The second-order valence-electron chi connectivity index (χ2n) is 6.60. The van der Waals surface area contributed by atoms with E-state index in [4.69, 9.17) is 4.74 Å². The van der Waals surface area contributed by atoms with Crippen LogP contribution in [0, 0.1) is 13.8 Å². The molecule has 0 saturated carbocycles. The summed E-state index contributed by atoms with van der Waals surface area (Å²) in [5, 5.41) is 8.16. The molecule has 1 saturated heterocycles. The highest BCUT2D eigenvalue weighted by molar-refractivity contribution is 14.0. The molecule has 0 spiro atoms. The van der Waals surface area contributed by atoms with Crippen LogP contribution in [0.4, 0.5) is 0 Å². The van der Waals surface area contributed by atoms with E-state index in [2.05, 4.69) is 39.4 Å². The summed E-state index contributed by atoms with van der Waals surface area (Å²) in [5.41, 5.74) is 1.16. The summed E-state index contributed by atoms with van der Waals surface area (Å²) in [6.07, 6.45) is 4.45. The Balaban J connectivity index is 0.00000338. The second-order valence-corrected chi connectivity index (χ2v) is 7.88. The van der Waals surface area contributed by atoms with Gasteiger partial charge in [0.1, 0.15) is 0 Å². The van der Waals surface area contributed by atoms with Gasteiger partial charge in [-0.05, 0) is 33.1 Å². The molecule has 0 atom stereocenters. The normalized spacial score (nSPS) is 16.4. The molecule has 26 heavy (non-hydrogen) atoms. The Bertz CT molecular complexity index is 544. The molecule has 150 valence electrons. The van der Waals surface area contributed by atoms with E-state index in [9.17, 15) is 0 Å². The lowest BCUT2D eigenvalue weighted by atomic mass is 10.1. The molecule has 8 heteroatoms. The topological polar surface area (TPSA) is 61.8 Å². The first-order valence-electron chi connectivity index (χ1n) is 9.23. The molecule has 2 rings (SSSR count). The molecule has 2 N–H and O–H groups in total. The lowest BCUT2D eigenvalue weighted by Crippen LogP contribution is -2.49. The maximum Gasteiger partial charge on any atom is 0.191 e. The minimum Gasteiger partial charge on any atom is -0.385 e. The monoisotopic (exact) mass is 495 g/mol. The van der Waals surface area contributed by atoms with Crippen molar-refractivity contribution in [2.45, 2.75) is 45.6 Å². The molecule has 0 bridgehead atoms. The van der Waals surface area contributed by atoms with E-state index >= 15 is 0 Å². The van der Waals surface area contributed by atoms with Gasteiger partial charge in [0, 0.05) is 64.3 Å². The second kappa shape index (κ2) is 12.9. The third-order valence-electron chi connectivity index (χ3n) is 4.62. The molecule has 0 radical (unpaired) electrons.